The van der Waals surface area contributed by atoms with Crippen molar-refractivity contribution in [1.82, 2.24) is 10.2 Å². The van der Waals surface area contributed by atoms with Crippen LogP contribution in [0.5, 0.6) is 11.5 Å². The lowest BCUT2D eigenvalue weighted by atomic mass is 10.2. The highest BCUT2D eigenvalue weighted by atomic mass is 32.1. The molecular formula is C16H12N4O4S. The number of phenols is 2. The van der Waals surface area contributed by atoms with Gasteiger partial charge in [0, 0.05) is 0 Å². The highest BCUT2D eigenvalue weighted by Crippen LogP contribution is 2.24. The van der Waals surface area contributed by atoms with Gasteiger partial charge in [-0.15, -0.1) is 10.2 Å². The lowest BCUT2D eigenvalue weighted by molar-refractivity contribution is 0.101. The summed E-state index contributed by atoms with van der Waals surface area (Å²) >= 11 is 0.941. The van der Waals surface area contributed by atoms with Gasteiger partial charge in [-0.05, 0) is 24.3 Å². The molecule has 0 spiro atoms. The first-order valence-electron chi connectivity index (χ1n) is 7.07. The van der Waals surface area contributed by atoms with E-state index in [0.29, 0.717) is 0 Å². The Hall–Kier alpha value is -3.46. The van der Waals surface area contributed by atoms with E-state index in [9.17, 15) is 19.8 Å². The summed E-state index contributed by atoms with van der Waals surface area (Å²) in [6.45, 7) is 0. The van der Waals surface area contributed by atoms with Gasteiger partial charge >= 0.3 is 0 Å². The van der Waals surface area contributed by atoms with Crippen LogP contribution in [-0.2, 0) is 0 Å². The van der Waals surface area contributed by atoms with Gasteiger partial charge in [0.1, 0.15) is 11.5 Å². The molecule has 1 heterocycles. The van der Waals surface area contributed by atoms with E-state index >= 15 is 0 Å². The van der Waals surface area contributed by atoms with Crippen molar-refractivity contribution in [3.8, 4) is 11.5 Å². The molecule has 0 aliphatic carbocycles. The number of carbonyl (C=O) groups excluding carboxylic acids is 2. The summed E-state index contributed by atoms with van der Waals surface area (Å²) in [4.78, 5) is 24.2. The van der Waals surface area contributed by atoms with Gasteiger partial charge in [-0.2, -0.15) is 0 Å². The van der Waals surface area contributed by atoms with Crippen LogP contribution in [0.15, 0.2) is 48.5 Å². The number of aromatic hydroxyl groups is 2. The van der Waals surface area contributed by atoms with Crippen molar-refractivity contribution < 1.29 is 19.8 Å². The highest BCUT2D eigenvalue weighted by Gasteiger charge is 2.16. The average molecular weight is 356 g/mol. The fourth-order valence-electron chi connectivity index (χ4n) is 1.98. The summed E-state index contributed by atoms with van der Waals surface area (Å²) in [6, 6.07) is 12.2. The summed E-state index contributed by atoms with van der Waals surface area (Å²) in [5.74, 6) is -1.41. The standard InChI is InChI=1S/C16H12N4O4S/c21-11-7-3-1-5-9(11)13(23)17-15-19-20-16(25-15)18-14(24)10-6-2-4-8-12(10)22/h1-8,21-22H,(H,17,19,23)(H,18,20,24). The minimum absolute atomic E-state index is 0.0949. The Morgan fingerprint density at radius 1 is 0.760 bits per heavy atom. The maximum absolute atomic E-state index is 12.1. The number of benzene rings is 2. The van der Waals surface area contributed by atoms with Crippen LogP contribution in [-0.4, -0.2) is 32.2 Å². The molecule has 0 saturated carbocycles. The topological polar surface area (TPSA) is 124 Å². The SMILES string of the molecule is O=C(Nc1nnc(NC(=O)c2ccccc2O)s1)c1ccccc1O. The van der Waals surface area contributed by atoms with E-state index < -0.39 is 11.8 Å². The number of nitrogens with one attached hydrogen (secondary N) is 2. The van der Waals surface area contributed by atoms with Crippen LogP contribution in [0.25, 0.3) is 0 Å². The van der Waals surface area contributed by atoms with Gasteiger partial charge in [0.2, 0.25) is 10.3 Å². The van der Waals surface area contributed by atoms with Crippen LogP contribution in [0.3, 0.4) is 0 Å². The molecule has 0 aliphatic heterocycles. The number of aromatic nitrogens is 2. The van der Waals surface area contributed by atoms with Crippen LogP contribution < -0.4 is 10.6 Å². The van der Waals surface area contributed by atoms with E-state index in [-0.39, 0.29) is 32.9 Å². The maximum atomic E-state index is 12.1. The van der Waals surface area contributed by atoms with E-state index in [1.807, 2.05) is 0 Å². The summed E-state index contributed by atoms with van der Waals surface area (Å²) in [5, 5.41) is 32.1. The van der Waals surface area contributed by atoms with Gasteiger partial charge in [-0.25, -0.2) is 0 Å². The van der Waals surface area contributed by atoms with Gasteiger partial charge in [-0.3, -0.25) is 20.2 Å². The van der Waals surface area contributed by atoms with Crippen LogP contribution in [0.1, 0.15) is 20.7 Å². The molecule has 3 rings (SSSR count). The Balaban J connectivity index is 1.69. The number of hydrogen-bond donors (Lipinski definition) is 4. The second kappa shape index (κ2) is 6.97. The second-order valence-electron chi connectivity index (χ2n) is 4.85. The predicted octanol–water partition coefficient (Wildman–Crippen LogP) is 2.45. The molecule has 0 atom stereocenters. The normalized spacial score (nSPS) is 10.2. The van der Waals surface area contributed by atoms with E-state index in [2.05, 4.69) is 20.8 Å². The molecule has 4 N–H and O–H groups in total. The Morgan fingerprint density at radius 3 is 1.56 bits per heavy atom. The summed E-state index contributed by atoms with van der Waals surface area (Å²) in [5.41, 5.74) is 0.190. The minimum Gasteiger partial charge on any atom is -0.507 e. The Morgan fingerprint density at radius 2 is 1.16 bits per heavy atom. The number of rotatable bonds is 4. The molecule has 126 valence electrons. The maximum Gasteiger partial charge on any atom is 0.261 e. The summed E-state index contributed by atoms with van der Waals surface area (Å²) in [7, 11) is 0. The van der Waals surface area contributed by atoms with Gasteiger partial charge in [0.15, 0.2) is 0 Å². The lowest BCUT2D eigenvalue weighted by Gasteiger charge is -2.03. The molecule has 0 fully saturated rings. The molecule has 3 aromatic rings. The van der Waals surface area contributed by atoms with E-state index in [1.54, 1.807) is 24.3 Å². The number of anilines is 2. The van der Waals surface area contributed by atoms with Crippen LogP contribution >= 0.6 is 11.3 Å². The largest absolute Gasteiger partial charge is 0.507 e. The highest BCUT2D eigenvalue weighted by molar-refractivity contribution is 7.19. The van der Waals surface area contributed by atoms with Crippen LogP contribution in [0.2, 0.25) is 0 Å². The van der Waals surface area contributed by atoms with Crippen molar-refractivity contribution in [3.05, 3.63) is 59.7 Å². The predicted molar refractivity (Wildman–Crippen MR) is 92.0 cm³/mol. The zero-order chi connectivity index (χ0) is 17.8. The lowest BCUT2D eigenvalue weighted by Crippen LogP contribution is -2.11. The average Bonchev–Trinajstić information content (AvgIpc) is 3.02. The van der Waals surface area contributed by atoms with Crippen molar-refractivity contribution in [2.45, 2.75) is 0 Å². The number of amides is 2. The van der Waals surface area contributed by atoms with Gasteiger partial charge in [0.25, 0.3) is 11.8 Å². The number of phenolic OH excluding ortho intramolecular Hbond substituents is 2. The molecule has 2 aromatic carbocycles. The Kier molecular flexibility index (Phi) is 4.57. The summed E-state index contributed by atoms with van der Waals surface area (Å²) < 4.78 is 0. The molecule has 0 aliphatic rings. The third-order valence-corrected chi connectivity index (χ3v) is 3.92. The quantitative estimate of drug-likeness (QED) is 0.569. The third-order valence-electron chi connectivity index (χ3n) is 3.16. The molecule has 8 nitrogen and oxygen atoms in total. The number of carbonyl (C=O) groups is 2. The molecule has 0 radical (unpaired) electrons. The van der Waals surface area contributed by atoms with Crippen molar-refractivity contribution in [1.29, 1.82) is 0 Å². The number of nitrogens with zero attached hydrogens (tertiary/aromatic N) is 2. The summed E-state index contributed by atoms with van der Waals surface area (Å²) in [6.07, 6.45) is 0. The number of para-hydroxylation sites is 2. The molecule has 25 heavy (non-hydrogen) atoms. The van der Waals surface area contributed by atoms with Gasteiger partial charge < -0.3 is 10.2 Å². The molecule has 0 unspecified atom stereocenters. The third kappa shape index (κ3) is 3.72. The zero-order valence-corrected chi connectivity index (χ0v) is 13.4. The first-order valence-corrected chi connectivity index (χ1v) is 7.88. The minimum atomic E-state index is -0.548. The molecule has 1 aromatic heterocycles. The molecule has 0 saturated heterocycles. The van der Waals surface area contributed by atoms with E-state index in [0.717, 1.165) is 11.3 Å². The monoisotopic (exact) mass is 356 g/mol. The molecule has 0 bridgehead atoms. The first kappa shape index (κ1) is 16.4. The van der Waals surface area contributed by atoms with E-state index in [1.165, 1.54) is 24.3 Å². The molecular weight excluding hydrogens is 344 g/mol. The number of hydrogen-bond acceptors (Lipinski definition) is 7. The zero-order valence-electron chi connectivity index (χ0n) is 12.6. The van der Waals surface area contributed by atoms with E-state index in [4.69, 9.17) is 0 Å². The first-order chi connectivity index (χ1) is 12.0. The Bertz CT molecular complexity index is 867. The van der Waals surface area contributed by atoms with Crippen molar-refractivity contribution in [2.24, 2.45) is 0 Å². The fourth-order valence-corrected chi connectivity index (χ4v) is 2.62. The smallest absolute Gasteiger partial charge is 0.261 e. The van der Waals surface area contributed by atoms with Gasteiger partial charge in [0.05, 0.1) is 11.1 Å². The van der Waals surface area contributed by atoms with Gasteiger partial charge in [-0.1, -0.05) is 35.6 Å². The van der Waals surface area contributed by atoms with Crippen LogP contribution in [0.4, 0.5) is 10.3 Å². The molecule has 9 heteroatoms. The van der Waals surface area contributed by atoms with Crippen molar-refractivity contribution in [2.75, 3.05) is 10.6 Å². The van der Waals surface area contributed by atoms with Crippen molar-refractivity contribution in [3.63, 3.8) is 0 Å². The Labute approximate surface area is 145 Å². The second-order valence-corrected chi connectivity index (χ2v) is 5.83. The van der Waals surface area contributed by atoms with Crippen LogP contribution in [0, 0.1) is 0 Å². The van der Waals surface area contributed by atoms with Crippen molar-refractivity contribution >= 4 is 33.4 Å². The molecule has 2 amide bonds. The fraction of sp³-hybridized carbons (Fsp3) is 0.